The van der Waals surface area contributed by atoms with Crippen LogP contribution in [0.2, 0.25) is 0 Å². The Hall–Kier alpha value is -1.89. The number of aryl methyl sites for hydroxylation is 1. The summed E-state index contributed by atoms with van der Waals surface area (Å²) in [4.78, 5) is 13.5. The van der Waals surface area contributed by atoms with E-state index in [1.54, 1.807) is 6.07 Å². The van der Waals surface area contributed by atoms with Crippen LogP contribution in [0.5, 0.6) is 0 Å². The van der Waals surface area contributed by atoms with E-state index in [1.165, 1.54) is 16.7 Å². The van der Waals surface area contributed by atoms with Crippen molar-refractivity contribution in [2.24, 2.45) is 0 Å². The molecule has 0 bridgehead atoms. The number of hydrogen-bond donors (Lipinski definition) is 0. The SMILES string of the molecule is CCc1ccc(C2SCC(=O)N2Cc2ccc(F)c(F)c2F)o1. The van der Waals surface area contributed by atoms with E-state index in [-0.39, 0.29) is 23.8 Å². The average Bonchev–Trinajstić information content (AvgIpc) is 3.15. The Kier molecular flexibility index (Phi) is 4.39. The standard InChI is InChI=1S/C16H14F3NO2S/c1-2-10-4-6-12(22-10)16-20(13(21)8-23-16)7-9-3-5-11(17)15(19)14(9)18/h3-6,16H,2,7-8H2,1H3. The molecule has 122 valence electrons. The van der Waals surface area contributed by atoms with Crippen molar-refractivity contribution in [3.63, 3.8) is 0 Å². The molecule has 1 aromatic heterocycles. The lowest BCUT2D eigenvalue weighted by Crippen LogP contribution is -2.28. The molecular weight excluding hydrogens is 327 g/mol. The third-order valence-electron chi connectivity index (χ3n) is 3.70. The van der Waals surface area contributed by atoms with Crippen molar-refractivity contribution < 1.29 is 22.4 Å². The molecule has 2 heterocycles. The molecule has 1 amide bonds. The zero-order valence-electron chi connectivity index (χ0n) is 12.3. The van der Waals surface area contributed by atoms with Gasteiger partial charge in [-0.05, 0) is 18.2 Å². The highest BCUT2D eigenvalue weighted by atomic mass is 32.2. The normalized spacial score (nSPS) is 18.0. The van der Waals surface area contributed by atoms with Crippen LogP contribution in [0.25, 0.3) is 0 Å². The average molecular weight is 341 g/mol. The molecule has 1 saturated heterocycles. The fourth-order valence-corrected chi connectivity index (χ4v) is 3.58. The van der Waals surface area contributed by atoms with E-state index in [9.17, 15) is 18.0 Å². The number of carbonyl (C=O) groups is 1. The first-order valence-corrected chi connectivity index (χ1v) is 8.18. The molecule has 0 spiro atoms. The minimum Gasteiger partial charge on any atom is -0.463 e. The second kappa shape index (κ2) is 6.31. The molecule has 7 heteroatoms. The van der Waals surface area contributed by atoms with Gasteiger partial charge in [0.2, 0.25) is 5.91 Å². The lowest BCUT2D eigenvalue weighted by Gasteiger charge is -2.22. The van der Waals surface area contributed by atoms with Crippen molar-refractivity contribution in [3.8, 4) is 0 Å². The molecule has 1 aromatic carbocycles. The highest BCUT2D eigenvalue weighted by molar-refractivity contribution is 8.00. The van der Waals surface area contributed by atoms with Crippen LogP contribution < -0.4 is 0 Å². The fourth-order valence-electron chi connectivity index (χ4n) is 2.45. The maximum absolute atomic E-state index is 13.8. The van der Waals surface area contributed by atoms with Crippen molar-refractivity contribution in [2.45, 2.75) is 25.3 Å². The number of nitrogens with zero attached hydrogens (tertiary/aromatic N) is 1. The predicted octanol–water partition coefficient (Wildman–Crippen LogP) is 4.03. The van der Waals surface area contributed by atoms with Crippen molar-refractivity contribution in [1.82, 2.24) is 4.90 Å². The minimum absolute atomic E-state index is 0.0629. The first-order chi connectivity index (χ1) is 11.0. The molecule has 0 aliphatic carbocycles. The van der Waals surface area contributed by atoms with Crippen LogP contribution in [0.1, 0.15) is 29.4 Å². The zero-order valence-corrected chi connectivity index (χ0v) is 13.1. The van der Waals surface area contributed by atoms with E-state index in [2.05, 4.69) is 0 Å². The Morgan fingerprint density at radius 3 is 2.70 bits per heavy atom. The molecule has 1 unspecified atom stereocenters. The van der Waals surface area contributed by atoms with Crippen LogP contribution in [-0.2, 0) is 17.8 Å². The van der Waals surface area contributed by atoms with Gasteiger partial charge in [0.25, 0.3) is 0 Å². The van der Waals surface area contributed by atoms with Crippen LogP contribution >= 0.6 is 11.8 Å². The first-order valence-electron chi connectivity index (χ1n) is 7.13. The van der Waals surface area contributed by atoms with Gasteiger partial charge in [-0.1, -0.05) is 13.0 Å². The monoisotopic (exact) mass is 341 g/mol. The lowest BCUT2D eigenvalue weighted by atomic mass is 10.1. The quantitative estimate of drug-likeness (QED) is 0.787. The molecule has 0 N–H and O–H groups in total. The van der Waals surface area contributed by atoms with Crippen LogP contribution in [0.3, 0.4) is 0 Å². The van der Waals surface area contributed by atoms with Crippen LogP contribution in [0, 0.1) is 17.5 Å². The Bertz CT molecular complexity index is 747. The largest absolute Gasteiger partial charge is 0.463 e. The van der Waals surface area contributed by atoms with Crippen LogP contribution in [-0.4, -0.2) is 16.6 Å². The number of hydrogen-bond acceptors (Lipinski definition) is 3. The summed E-state index contributed by atoms with van der Waals surface area (Å²) in [5, 5.41) is -0.393. The van der Waals surface area contributed by atoms with E-state index in [1.807, 2.05) is 13.0 Å². The molecule has 1 atom stereocenters. The molecule has 1 aliphatic heterocycles. The Morgan fingerprint density at radius 2 is 2.00 bits per heavy atom. The number of furan rings is 1. The summed E-state index contributed by atoms with van der Waals surface area (Å²) in [5.41, 5.74) is -0.0629. The molecule has 0 saturated carbocycles. The molecule has 0 radical (unpaired) electrons. The summed E-state index contributed by atoms with van der Waals surface area (Å²) in [6.07, 6.45) is 0.725. The van der Waals surface area contributed by atoms with Gasteiger partial charge in [0, 0.05) is 12.0 Å². The minimum atomic E-state index is -1.52. The molecule has 3 nitrogen and oxygen atoms in total. The van der Waals surface area contributed by atoms with E-state index < -0.39 is 22.8 Å². The molecule has 2 aromatic rings. The number of amides is 1. The van der Waals surface area contributed by atoms with Gasteiger partial charge >= 0.3 is 0 Å². The van der Waals surface area contributed by atoms with Gasteiger partial charge in [-0.3, -0.25) is 4.79 Å². The van der Waals surface area contributed by atoms with Crippen molar-refractivity contribution in [1.29, 1.82) is 0 Å². The van der Waals surface area contributed by atoms with Gasteiger partial charge in [-0.15, -0.1) is 11.8 Å². The highest BCUT2D eigenvalue weighted by Crippen LogP contribution is 2.40. The summed E-state index contributed by atoms with van der Waals surface area (Å²) in [5.74, 6) is -2.61. The third kappa shape index (κ3) is 2.97. The summed E-state index contributed by atoms with van der Waals surface area (Å²) in [7, 11) is 0. The number of halogens is 3. The zero-order chi connectivity index (χ0) is 16.6. The van der Waals surface area contributed by atoms with Crippen molar-refractivity contribution in [3.05, 3.63) is 58.8 Å². The Morgan fingerprint density at radius 1 is 1.22 bits per heavy atom. The van der Waals surface area contributed by atoms with E-state index in [0.717, 1.165) is 24.3 Å². The maximum Gasteiger partial charge on any atom is 0.234 e. The molecule has 1 fully saturated rings. The smallest absolute Gasteiger partial charge is 0.234 e. The Balaban J connectivity index is 1.87. The van der Waals surface area contributed by atoms with E-state index >= 15 is 0 Å². The molecule has 23 heavy (non-hydrogen) atoms. The number of carbonyl (C=O) groups excluding carboxylic acids is 1. The molecular formula is C16H14F3NO2S. The van der Waals surface area contributed by atoms with Gasteiger partial charge in [0.15, 0.2) is 17.5 Å². The van der Waals surface area contributed by atoms with E-state index in [0.29, 0.717) is 5.76 Å². The second-order valence-corrected chi connectivity index (χ2v) is 6.25. The maximum atomic E-state index is 13.8. The van der Waals surface area contributed by atoms with Gasteiger partial charge in [0.1, 0.15) is 16.9 Å². The van der Waals surface area contributed by atoms with Gasteiger partial charge in [-0.2, -0.15) is 0 Å². The number of thioether (sulfide) groups is 1. The summed E-state index contributed by atoms with van der Waals surface area (Å²) in [6, 6.07) is 5.62. The molecule has 1 aliphatic rings. The summed E-state index contributed by atoms with van der Waals surface area (Å²) >= 11 is 1.36. The van der Waals surface area contributed by atoms with Gasteiger partial charge in [-0.25, -0.2) is 13.2 Å². The Labute approximate surface area is 135 Å². The number of rotatable bonds is 4. The topological polar surface area (TPSA) is 33.5 Å². The second-order valence-electron chi connectivity index (χ2n) is 5.18. The number of benzene rings is 1. The third-order valence-corrected chi connectivity index (χ3v) is 4.91. The van der Waals surface area contributed by atoms with Gasteiger partial charge in [0.05, 0.1) is 12.3 Å². The fraction of sp³-hybridized carbons (Fsp3) is 0.312. The van der Waals surface area contributed by atoms with Gasteiger partial charge < -0.3 is 9.32 Å². The molecule has 3 rings (SSSR count). The van der Waals surface area contributed by atoms with Crippen LogP contribution in [0.15, 0.2) is 28.7 Å². The van der Waals surface area contributed by atoms with E-state index in [4.69, 9.17) is 4.42 Å². The first kappa shape index (κ1) is 16.0. The van der Waals surface area contributed by atoms with Crippen molar-refractivity contribution >= 4 is 17.7 Å². The highest BCUT2D eigenvalue weighted by Gasteiger charge is 2.35. The van der Waals surface area contributed by atoms with Crippen LogP contribution in [0.4, 0.5) is 13.2 Å². The summed E-state index contributed by atoms with van der Waals surface area (Å²) < 4.78 is 45.9. The summed E-state index contributed by atoms with van der Waals surface area (Å²) in [6.45, 7) is 1.81. The lowest BCUT2D eigenvalue weighted by molar-refractivity contribution is -0.128. The predicted molar refractivity (Wildman–Crippen MR) is 80.2 cm³/mol. The van der Waals surface area contributed by atoms with Crippen molar-refractivity contribution in [2.75, 3.05) is 5.75 Å².